The Morgan fingerprint density at radius 2 is 1.38 bits per heavy atom. The normalized spacial score (nSPS) is 10.0. The molecule has 0 bridgehead atoms. The smallest absolute Gasteiger partial charge is 0.340 e. The van der Waals surface area contributed by atoms with Crippen LogP contribution in [0.2, 0.25) is 0 Å². The molecule has 0 saturated heterocycles. The van der Waals surface area contributed by atoms with Gasteiger partial charge >= 0.3 is 11.9 Å². The van der Waals surface area contributed by atoms with Gasteiger partial charge in [-0.1, -0.05) is 12.1 Å². The maximum absolute atomic E-state index is 11.8. The molecule has 0 unspecified atom stereocenters. The zero-order valence-corrected chi connectivity index (χ0v) is 28.8. The Balaban J connectivity index is 0.000000203. The van der Waals surface area contributed by atoms with Crippen LogP contribution in [0.15, 0.2) is 60.9 Å². The number of nitrogens with two attached hydrogens (primary N) is 2. The number of pyridine rings is 2. The molecule has 3 aromatic heterocycles. The Kier molecular flexibility index (Phi) is 12.8. The molecule has 3 heterocycles. The number of anilines is 2. The number of aldehydes is 1. The highest BCUT2D eigenvalue weighted by molar-refractivity contribution is 14.1. The number of nitrogens with one attached hydrogen (secondary N) is 1. The molecular formula is C30H28I2N6O7. The van der Waals surface area contributed by atoms with E-state index in [1.54, 1.807) is 55.9 Å². The van der Waals surface area contributed by atoms with Crippen molar-refractivity contribution in [1.82, 2.24) is 19.9 Å². The fourth-order valence-electron chi connectivity index (χ4n) is 3.79. The van der Waals surface area contributed by atoms with Crippen LogP contribution in [0.4, 0.5) is 11.4 Å². The molecule has 5 rings (SSSR count). The third kappa shape index (κ3) is 8.35. The summed E-state index contributed by atoms with van der Waals surface area (Å²) in [4.78, 5) is 49.2. The number of imidazole rings is 1. The Morgan fingerprint density at radius 1 is 0.800 bits per heavy atom. The van der Waals surface area contributed by atoms with E-state index in [9.17, 15) is 14.4 Å². The standard InChI is InChI=1S/C15H12IN3O3.C8H10N2O2.C7H6INO2/c1-21-14-11(9(16)6-7-17-14)13-18-10-5-3-4-8(12(10)19-13)15(20)22-2;1-12-8(11)5-3-2-4-6(9)7(5)10;1-11-7-5(4-10)6(8)2-3-9-7/h3-7H,1-2H3,(H,18,19);2-4H,9-10H2,1H3;2-4H,1H3. The number of ether oxygens (including phenoxy) is 4. The zero-order valence-electron chi connectivity index (χ0n) is 24.5. The number of halogens is 2. The molecule has 15 heteroatoms. The average Bonchev–Trinajstić information content (AvgIpc) is 3.49. The fourth-order valence-corrected chi connectivity index (χ4v) is 4.95. The summed E-state index contributed by atoms with van der Waals surface area (Å²) in [5.74, 6) is 0.564. The van der Waals surface area contributed by atoms with Gasteiger partial charge in [0.15, 0.2) is 6.29 Å². The lowest BCUT2D eigenvalue weighted by molar-refractivity contribution is 0.0593. The van der Waals surface area contributed by atoms with E-state index >= 15 is 0 Å². The number of nitrogens with zero attached hydrogens (tertiary/aromatic N) is 3. The molecule has 5 N–H and O–H groups in total. The van der Waals surface area contributed by atoms with Gasteiger partial charge in [-0.3, -0.25) is 4.79 Å². The first kappa shape index (κ1) is 35.0. The molecule has 2 aromatic carbocycles. The summed E-state index contributed by atoms with van der Waals surface area (Å²) in [7, 11) is 5.70. The number of benzene rings is 2. The predicted octanol–water partition coefficient (Wildman–Crippen LogP) is 5.17. The van der Waals surface area contributed by atoms with E-state index in [-0.39, 0.29) is 5.69 Å². The highest BCUT2D eigenvalue weighted by Gasteiger charge is 2.19. The van der Waals surface area contributed by atoms with Crippen molar-refractivity contribution in [2.24, 2.45) is 0 Å². The van der Waals surface area contributed by atoms with E-state index in [1.165, 1.54) is 21.3 Å². The molecule has 0 atom stereocenters. The van der Waals surface area contributed by atoms with Crippen molar-refractivity contribution in [3.63, 3.8) is 0 Å². The molecule has 45 heavy (non-hydrogen) atoms. The molecule has 0 fully saturated rings. The zero-order chi connectivity index (χ0) is 33.1. The molecule has 13 nitrogen and oxygen atoms in total. The number of rotatable bonds is 6. The van der Waals surface area contributed by atoms with Gasteiger partial charge in [-0.15, -0.1) is 0 Å². The van der Waals surface area contributed by atoms with E-state index in [2.05, 4.69) is 69.9 Å². The van der Waals surface area contributed by atoms with Crippen molar-refractivity contribution >= 4 is 85.8 Å². The van der Waals surface area contributed by atoms with Crippen molar-refractivity contribution in [1.29, 1.82) is 0 Å². The minimum Gasteiger partial charge on any atom is -0.480 e. The number of H-pyrrole nitrogens is 1. The largest absolute Gasteiger partial charge is 0.480 e. The van der Waals surface area contributed by atoms with Gasteiger partial charge in [-0.2, -0.15) is 0 Å². The summed E-state index contributed by atoms with van der Waals surface area (Å²) in [6.45, 7) is 0. The number of nitrogen functional groups attached to an aromatic ring is 2. The molecule has 0 spiro atoms. The molecular weight excluding hydrogens is 810 g/mol. The second kappa shape index (κ2) is 16.5. The van der Waals surface area contributed by atoms with Crippen LogP contribution in [0.25, 0.3) is 22.4 Å². The van der Waals surface area contributed by atoms with Gasteiger partial charge in [0.2, 0.25) is 11.8 Å². The van der Waals surface area contributed by atoms with Crippen LogP contribution in [-0.4, -0.2) is 66.6 Å². The van der Waals surface area contributed by atoms with Crippen molar-refractivity contribution in [2.45, 2.75) is 0 Å². The van der Waals surface area contributed by atoms with Gasteiger partial charge in [-0.25, -0.2) is 24.5 Å². The highest BCUT2D eigenvalue weighted by Crippen LogP contribution is 2.32. The average molecular weight is 838 g/mol. The first-order chi connectivity index (χ1) is 21.6. The van der Waals surface area contributed by atoms with Gasteiger partial charge in [0.1, 0.15) is 11.3 Å². The number of hydrogen-bond acceptors (Lipinski definition) is 12. The van der Waals surface area contributed by atoms with Crippen molar-refractivity contribution in [2.75, 3.05) is 39.9 Å². The van der Waals surface area contributed by atoms with Crippen LogP contribution < -0.4 is 20.9 Å². The summed E-state index contributed by atoms with van der Waals surface area (Å²) < 4.78 is 21.3. The molecule has 0 saturated carbocycles. The van der Waals surface area contributed by atoms with E-state index in [0.717, 1.165) is 24.5 Å². The summed E-state index contributed by atoms with van der Waals surface area (Å²) in [6, 6.07) is 13.8. The first-order valence-electron chi connectivity index (χ1n) is 12.7. The first-order valence-corrected chi connectivity index (χ1v) is 14.9. The summed E-state index contributed by atoms with van der Waals surface area (Å²) in [5.41, 5.74) is 15.0. The Bertz CT molecular complexity index is 1830. The van der Waals surface area contributed by atoms with Crippen LogP contribution >= 0.6 is 45.2 Å². The van der Waals surface area contributed by atoms with E-state index in [4.69, 9.17) is 25.7 Å². The molecule has 0 aliphatic heterocycles. The number of carbonyl (C=O) groups excluding carboxylic acids is 3. The maximum atomic E-state index is 11.8. The number of fused-ring (bicyclic) bond motifs is 1. The molecule has 0 aliphatic rings. The number of carbonyl (C=O) groups is 3. The van der Waals surface area contributed by atoms with Gasteiger partial charge in [0, 0.05) is 19.5 Å². The molecule has 5 aromatic rings. The molecule has 0 aliphatic carbocycles. The van der Waals surface area contributed by atoms with Crippen LogP contribution in [0, 0.1) is 7.14 Å². The van der Waals surface area contributed by atoms with Crippen molar-refractivity contribution in [3.8, 4) is 23.1 Å². The minimum atomic E-state index is -0.472. The summed E-state index contributed by atoms with van der Waals surface area (Å²) in [5, 5.41) is 0. The molecule has 0 radical (unpaired) electrons. The number of aromatic nitrogens is 4. The summed E-state index contributed by atoms with van der Waals surface area (Å²) in [6.07, 6.45) is 4.02. The second-order valence-corrected chi connectivity index (χ2v) is 10.9. The van der Waals surface area contributed by atoms with E-state index in [0.29, 0.717) is 45.5 Å². The van der Waals surface area contributed by atoms with Crippen molar-refractivity contribution in [3.05, 3.63) is 84.8 Å². The van der Waals surface area contributed by atoms with Crippen LogP contribution in [0.1, 0.15) is 31.1 Å². The van der Waals surface area contributed by atoms with Crippen LogP contribution in [-0.2, 0) is 9.47 Å². The van der Waals surface area contributed by atoms with E-state index in [1.807, 2.05) is 12.1 Å². The Morgan fingerprint density at radius 3 is 1.98 bits per heavy atom. The van der Waals surface area contributed by atoms with Gasteiger partial charge < -0.3 is 35.4 Å². The third-order valence-electron chi connectivity index (χ3n) is 5.97. The predicted molar refractivity (Wildman–Crippen MR) is 185 cm³/mol. The number of aromatic amines is 1. The number of methoxy groups -OCH3 is 4. The maximum Gasteiger partial charge on any atom is 0.340 e. The van der Waals surface area contributed by atoms with Gasteiger partial charge in [-0.05, 0) is 81.6 Å². The lowest BCUT2D eigenvalue weighted by Gasteiger charge is -2.06. The van der Waals surface area contributed by atoms with Gasteiger partial charge in [0.25, 0.3) is 0 Å². The molecule has 234 valence electrons. The molecule has 0 amide bonds. The van der Waals surface area contributed by atoms with Crippen LogP contribution in [0.3, 0.4) is 0 Å². The SMILES string of the molecule is COC(=O)c1cccc(N)c1N.COC(=O)c1cccc2[nH]c(-c3c(I)ccnc3OC)nc12.COc1nccc(I)c1C=O. The topological polar surface area (TPSA) is 195 Å². The fraction of sp³-hybridized carbons (Fsp3) is 0.133. The lowest BCUT2D eigenvalue weighted by atomic mass is 10.1. The quantitative estimate of drug-likeness (QED) is 0.0881. The lowest BCUT2D eigenvalue weighted by Crippen LogP contribution is -2.07. The Hall–Kier alpha value is -4.52. The Labute approximate surface area is 285 Å². The summed E-state index contributed by atoms with van der Waals surface area (Å²) >= 11 is 4.25. The van der Waals surface area contributed by atoms with Crippen LogP contribution in [0.5, 0.6) is 11.8 Å². The highest BCUT2D eigenvalue weighted by atomic mass is 127. The third-order valence-corrected chi connectivity index (χ3v) is 7.81. The van der Waals surface area contributed by atoms with Gasteiger partial charge in [0.05, 0.1) is 67.6 Å². The monoisotopic (exact) mass is 838 g/mol. The van der Waals surface area contributed by atoms with E-state index < -0.39 is 11.9 Å². The number of para-hydroxylation sites is 2. The number of esters is 2. The second-order valence-electron chi connectivity index (χ2n) is 8.59. The van der Waals surface area contributed by atoms with Crippen molar-refractivity contribution < 1.29 is 33.3 Å². The number of hydrogen-bond donors (Lipinski definition) is 3. The minimum absolute atomic E-state index is 0.268.